The molecule has 0 aromatic heterocycles. The number of amides is 2. The molecule has 0 saturated heterocycles. The van der Waals surface area contributed by atoms with Crippen molar-refractivity contribution in [1.82, 2.24) is 10.2 Å². The number of carbonyl (C=O) groups is 2. The summed E-state index contributed by atoms with van der Waals surface area (Å²) in [5.41, 5.74) is -0.860. The van der Waals surface area contributed by atoms with Crippen LogP contribution in [-0.2, 0) is 4.79 Å². The van der Waals surface area contributed by atoms with Crippen LogP contribution in [0.1, 0.15) is 66.7 Å². The maximum absolute atomic E-state index is 12.4. The Morgan fingerprint density at radius 3 is 2.14 bits per heavy atom. The number of hydrogen-bond donors (Lipinski definition) is 2. The van der Waals surface area contributed by atoms with Gasteiger partial charge < -0.3 is 15.3 Å². The maximum Gasteiger partial charge on any atom is 0.317 e. The third kappa shape index (κ3) is 5.56. The van der Waals surface area contributed by atoms with Crippen molar-refractivity contribution in [2.24, 2.45) is 5.41 Å². The smallest absolute Gasteiger partial charge is 0.317 e. The SMILES string of the molecule is CCCCN(C(=O)NCC(CC)(CC)C(=O)O)C(C)CC. The minimum Gasteiger partial charge on any atom is -0.481 e. The quantitative estimate of drug-likeness (QED) is 0.649. The molecule has 0 aliphatic heterocycles. The van der Waals surface area contributed by atoms with Crippen LogP contribution in [0.2, 0.25) is 0 Å². The Hall–Kier alpha value is -1.26. The summed E-state index contributed by atoms with van der Waals surface area (Å²) < 4.78 is 0. The second-order valence-corrected chi connectivity index (χ2v) is 5.76. The summed E-state index contributed by atoms with van der Waals surface area (Å²) in [4.78, 5) is 25.7. The normalized spacial score (nSPS) is 12.8. The van der Waals surface area contributed by atoms with Crippen molar-refractivity contribution in [3.8, 4) is 0 Å². The first-order valence-electron chi connectivity index (χ1n) is 8.16. The molecule has 124 valence electrons. The van der Waals surface area contributed by atoms with Crippen molar-refractivity contribution in [1.29, 1.82) is 0 Å². The van der Waals surface area contributed by atoms with Gasteiger partial charge in [-0.3, -0.25) is 4.79 Å². The molecule has 5 nitrogen and oxygen atoms in total. The molecule has 0 spiro atoms. The number of hydrogen-bond acceptors (Lipinski definition) is 2. The Kier molecular flexibility index (Phi) is 9.06. The van der Waals surface area contributed by atoms with E-state index >= 15 is 0 Å². The van der Waals surface area contributed by atoms with E-state index in [1.165, 1.54) is 0 Å². The highest BCUT2D eigenvalue weighted by Crippen LogP contribution is 2.25. The average Bonchev–Trinajstić information content (AvgIpc) is 2.48. The van der Waals surface area contributed by atoms with Crippen LogP contribution in [0.5, 0.6) is 0 Å². The number of nitrogens with one attached hydrogen (secondary N) is 1. The van der Waals surface area contributed by atoms with Crippen LogP contribution in [0.25, 0.3) is 0 Å². The lowest BCUT2D eigenvalue weighted by Gasteiger charge is -2.32. The van der Waals surface area contributed by atoms with Gasteiger partial charge in [-0.1, -0.05) is 34.1 Å². The number of nitrogens with zero attached hydrogens (tertiary/aromatic N) is 1. The number of unbranched alkanes of at least 4 members (excludes halogenated alkanes) is 1. The van der Waals surface area contributed by atoms with Gasteiger partial charge in [0.25, 0.3) is 0 Å². The van der Waals surface area contributed by atoms with Gasteiger partial charge in [0.05, 0.1) is 5.41 Å². The molecule has 0 rings (SSSR count). The monoisotopic (exact) mass is 300 g/mol. The minimum absolute atomic E-state index is 0.148. The van der Waals surface area contributed by atoms with Crippen LogP contribution in [0.15, 0.2) is 0 Å². The van der Waals surface area contributed by atoms with Gasteiger partial charge >= 0.3 is 12.0 Å². The minimum atomic E-state index is -0.860. The number of carboxylic acids is 1. The van der Waals surface area contributed by atoms with E-state index in [-0.39, 0.29) is 18.6 Å². The first-order chi connectivity index (χ1) is 9.88. The Bertz CT molecular complexity index is 327. The van der Waals surface area contributed by atoms with Gasteiger partial charge in [-0.15, -0.1) is 0 Å². The molecule has 1 unspecified atom stereocenters. The van der Waals surface area contributed by atoms with E-state index in [0.717, 1.165) is 25.8 Å². The molecule has 0 radical (unpaired) electrons. The Labute approximate surface area is 129 Å². The fraction of sp³-hybridized carbons (Fsp3) is 0.875. The number of aliphatic carboxylic acids is 1. The van der Waals surface area contributed by atoms with Crippen LogP contribution >= 0.6 is 0 Å². The van der Waals surface area contributed by atoms with Gasteiger partial charge in [0, 0.05) is 19.1 Å². The van der Waals surface area contributed by atoms with Gasteiger partial charge in [-0.2, -0.15) is 0 Å². The van der Waals surface area contributed by atoms with Crippen LogP contribution < -0.4 is 5.32 Å². The second-order valence-electron chi connectivity index (χ2n) is 5.76. The molecule has 0 heterocycles. The number of carbonyl (C=O) groups excluding carboxylic acids is 1. The third-order valence-electron chi connectivity index (χ3n) is 4.52. The third-order valence-corrected chi connectivity index (χ3v) is 4.52. The van der Waals surface area contributed by atoms with Crippen LogP contribution in [0, 0.1) is 5.41 Å². The van der Waals surface area contributed by atoms with Crippen molar-refractivity contribution >= 4 is 12.0 Å². The van der Waals surface area contributed by atoms with E-state index < -0.39 is 11.4 Å². The summed E-state index contributed by atoms with van der Waals surface area (Å²) >= 11 is 0. The lowest BCUT2D eigenvalue weighted by atomic mass is 9.82. The highest BCUT2D eigenvalue weighted by atomic mass is 16.4. The molecule has 5 heteroatoms. The summed E-state index contributed by atoms with van der Waals surface area (Å²) in [6, 6.07) is 0.0179. The number of rotatable bonds is 10. The van der Waals surface area contributed by atoms with Crippen LogP contribution in [0.3, 0.4) is 0 Å². The molecule has 0 fully saturated rings. The fourth-order valence-electron chi connectivity index (χ4n) is 2.30. The van der Waals surface area contributed by atoms with Crippen molar-refractivity contribution in [3.05, 3.63) is 0 Å². The van der Waals surface area contributed by atoms with E-state index in [1.807, 2.05) is 25.7 Å². The summed E-state index contributed by atoms with van der Waals surface area (Å²) in [5.74, 6) is -0.837. The maximum atomic E-state index is 12.4. The fourth-order valence-corrected chi connectivity index (χ4v) is 2.30. The van der Waals surface area contributed by atoms with E-state index in [1.54, 1.807) is 0 Å². The van der Waals surface area contributed by atoms with Gasteiger partial charge in [0.15, 0.2) is 0 Å². The van der Waals surface area contributed by atoms with Crippen molar-refractivity contribution in [3.63, 3.8) is 0 Å². The molecular formula is C16H32N2O3. The lowest BCUT2D eigenvalue weighted by Crippen LogP contribution is -2.50. The summed E-state index contributed by atoms with van der Waals surface area (Å²) in [6.45, 7) is 10.8. The van der Waals surface area contributed by atoms with Crippen LogP contribution in [-0.4, -0.2) is 41.1 Å². The highest BCUT2D eigenvalue weighted by Gasteiger charge is 2.35. The molecular weight excluding hydrogens is 268 g/mol. The molecule has 0 aliphatic carbocycles. The molecule has 0 aliphatic rings. The zero-order chi connectivity index (χ0) is 16.5. The molecule has 0 saturated carbocycles. The molecule has 2 N–H and O–H groups in total. The van der Waals surface area contributed by atoms with E-state index in [4.69, 9.17) is 0 Å². The van der Waals surface area contributed by atoms with Crippen LogP contribution in [0.4, 0.5) is 4.79 Å². The molecule has 0 bridgehead atoms. The number of carboxylic acid groups (broad SMARTS) is 1. The first kappa shape index (κ1) is 19.7. The summed E-state index contributed by atoms with van der Waals surface area (Å²) in [5, 5.41) is 12.2. The van der Waals surface area contributed by atoms with Gasteiger partial charge in [0.2, 0.25) is 0 Å². The largest absolute Gasteiger partial charge is 0.481 e. The Balaban J connectivity index is 4.78. The standard InChI is InChI=1S/C16H32N2O3/c1-6-10-11-18(13(5)7-2)15(21)17-12-16(8-3,9-4)14(19)20/h13H,6-12H2,1-5H3,(H,17,21)(H,19,20). The Morgan fingerprint density at radius 2 is 1.76 bits per heavy atom. The van der Waals surface area contributed by atoms with Gasteiger partial charge in [0.1, 0.15) is 0 Å². The molecule has 2 amide bonds. The first-order valence-corrected chi connectivity index (χ1v) is 8.16. The van der Waals surface area contributed by atoms with Gasteiger partial charge in [-0.05, 0) is 32.6 Å². The van der Waals surface area contributed by atoms with Gasteiger partial charge in [-0.25, -0.2) is 4.79 Å². The van der Waals surface area contributed by atoms with E-state index in [2.05, 4.69) is 19.2 Å². The Morgan fingerprint density at radius 1 is 1.19 bits per heavy atom. The van der Waals surface area contributed by atoms with E-state index in [0.29, 0.717) is 12.8 Å². The molecule has 21 heavy (non-hydrogen) atoms. The predicted molar refractivity (Wildman–Crippen MR) is 85.4 cm³/mol. The van der Waals surface area contributed by atoms with E-state index in [9.17, 15) is 14.7 Å². The van der Waals surface area contributed by atoms with Crippen molar-refractivity contribution < 1.29 is 14.7 Å². The molecule has 0 aromatic carbocycles. The molecule has 1 atom stereocenters. The second kappa shape index (κ2) is 9.64. The summed E-state index contributed by atoms with van der Waals surface area (Å²) in [7, 11) is 0. The predicted octanol–water partition coefficient (Wildman–Crippen LogP) is 3.49. The summed E-state index contributed by atoms with van der Waals surface area (Å²) in [6.07, 6.45) is 3.91. The van der Waals surface area contributed by atoms with Crippen molar-refractivity contribution in [2.75, 3.05) is 13.1 Å². The van der Waals surface area contributed by atoms with Crippen molar-refractivity contribution in [2.45, 2.75) is 72.8 Å². The highest BCUT2D eigenvalue weighted by molar-refractivity contribution is 5.78. The zero-order valence-electron chi connectivity index (χ0n) is 14.2. The zero-order valence-corrected chi connectivity index (χ0v) is 14.2. The number of urea groups is 1. The molecule has 0 aromatic rings. The lowest BCUT2D eigenvalue weighted by molar-refractivity contribution is -0.149. The average molecular weight is 300 g/mol. The topological polar surface area (TPSA) is 69.6 Å².